The van der Waals surface area contributed by atoms with Gasteiger partial charge in [0.1, 0.15) is 0 Å². The molecule has 30 heavy (non-hydrogen) atoms. The topological polar surface area (TPSA) is 75.7 Å². The van der Waals surface area contributed by atoms with Crippen molar-refractivity contribution < 1.29 is 13.6 Å². The first-order chi connectivity index (χ1) is 14.3. The molecule has 6 nitrogen and oxygen atoms in total. The van der Waals surface area contributed by atoms with Crippen LogP contribution in [0.4, 0.5) is 4.79 Å². The fraction of sp³-hybridized carbons (Fsp3) is 0.435. The zero-order valence-corrected chi connectivity index (χ0v) is 18.7. The molecular formula is C23H30N3O3S-. The predicted octanol–water partition coefficient (Wildman–Crippen LogP) is 3.74. The Kier molecular flexibility index (Phi) is 7.28. The molecule has 1 aliphatic rings. The number of hydrogen-bond donors (Lipinski definition) is 1. The second-order valence-corrected chi connectivity index (χ2v) is 9.57. The highest BCUT2D eigenvalue weighted by Crippen LogP contribution is 2.31. The lowest BCUT2D eigenvalue weighted by molar-refractivity contribution is 0.174. The van der Waals surface area contributed by atoms with Gasteiger partial charge >= 0.3 is 6.03 Å². The minimum Gasteiger partial charge on any atom is -0.771 e. The quantitative estimate of drug-likeness (QED) is 0.650. The van der Waals surface area contributed by atoms with Crippen LogP contribution in [0.3, 0.4) is 0 Å². The number of aryl methyl sites for hydroxylation is 1. The lowest BCUT2D eigenvalue weighted by Gasteiger charge is -2.25. The van der Waals surface area contributed by atoms with Gasteiger partial charge in [-0.2, -0.15) is 0 Å². The molecule has 2 aromatic carbocycles. The van der Waals surface area contributed by atoms with Gasteiger partial charge in [0.15, 0.2) is 0 Å². The summed E-state index contributed by atoms with van der Waals surface area (Å²) in [7, 11) is 0. The molecule has 1 fully saturated rings. The molecule has 7 heteroatoms. The van der Waals surface area contributed by atoms with Gasteiger partial charge in [-0.3, -0.25) is 9.22 Å². The average Bonchev–Trinajstić information content (AvgIpc) is 3.02. The van der Waals surface area contributed by atoms with Crippen LogP contribution in [0.25, 0.3) is 0 Å². The van der Waals surface area contributed by atoms with Crippen LogP contribution in [0.2, 0.25) is 0 Å². The summed E-state index contributed by atoms with van der Waals surface area (Å²) >= 11 is -2.26. The highest BCUT2D eigenvalue weighted by Gasteiger charge is 2.37. The number of urea groups is 1. The van der Waals surface area contributed by atoms with Crippen molar-refractivity contribution >= 4 is 17.1 Å². The lowest BCUT2D eigenvalue weighted by atomic mass is 9.86. The van der Waals surface area contributed by atoms with E-state index in [1.165, 1.54) is 16.1 Å². The van der Waals surface area contributed by atoms with Crippen LogP contribution in [-0.2, 0) is 22.9 Å². The Bertz CT molecular complexity index is 866. The smallest absolute Gasteiger partial charge is 0.335 e. The normalized spacial score (nSPS) is 18.1. The van der Waals surface area contributed by atoms with Crippen LogP contribution in [0.15, 0.2) is 54.6 Å². The van der Waals surface area contributed by atoms with E-state index in [1.54, 1.807) is 0 Å². The van der Waals surface area contributed by atoms with Crippen molar-refractivity contribution in [1.29, 1.82) is 0 Å². The van der Waals surface area contributed by atoms with Crippen LogP contribution in [0.1, 0.15) is 49.9 Å². The number of carbonyl (C=O) groups is 1. The average molecular weight is 429 g/mol. The van der Waals surface area contributed by atoms with Crippen molar-refractivity contribution in [3.05, 3.63) is 71.3 Å². The van der Waals surface area contributed by atoms with Crippen LogP contribution in [-0.4, -0.2) is 43.7 Å². The molecule has 0 spiro atoms. The maximum absolute atomic E-state index is 13.0. The van der Waals surface area contributed by atoms with Gasteiger partial charge in [0.05, 0.1) is 18.5 Å². The van der Waals surface area contributed by atoms with E-state index in [4.69, 9.17) is 0 Å². The minimum absolute atomic E-state index is 0.0607. The minimum atomic E-state index is -2.26. The van der Waals surface area contributed by atoms with Gasteiger partial charge in [0.25, 0.3) is 0 Å². The number of hydrogen-bond acceptors (Lipinski definition) is 4. The standard InChI is InChI=1S/C23H31N3O3S/c1-23(2,3)20-13-11-19(12-14-20)21-16-26(24-17-30(28)29)22(27)25(21)15-7-10-18-8-5-4-6-9-18/h4-6,8-9,11-14,21,24H,7,10,15-17H2,1-3H3,(H,28,29)/p-1/t21-/m1/s1. The Morgan fingerprint density at radius 1 is 1.10 bits per heavy atom. The van der Waals surface area contributed by atoms with Crippen molar-refractivity contribution in [1.82, 2.24) is 15.3 Å². The summed E-state index contributed by atoms with van der Waals surface area (Å²) in [6.45, 7) is 7.54. The van der Waals surface area contributed by atoms with Gasteiger partial charge in [0, 0.05) is 6.54 Å². The molecule has 2 aromatic rings. The second-order valence-electron chi connectivity index (χ2n) is 8.67. The Balaban J connectivity index is 1.74. The van der Waals surface area contributed by atoms with Crippen molar-refractivity contribution in [3.8, 4) is 0 Å². The second kappa shape index (κ2) is 9.73. The molecule has 2 atom stereocenters. The summed E-state index contributed by atoms with van der Waals surface area (Å²) in [5.74, 6) is -0.278. The largest absolute Gasteiger partial charge is 0.771 e. The Morgan fingerprint density at radius 3 is 2.37 bits per heavy atom. The number of benzene rings is 2. The summed E-state index contributed by atoms with van der Waals surface area (Å²) in [5, 5.41) is 1.42. The van der Waals surface area contributed by atoms with Gasteiger partial charge in [-0.05, 0) is 46.0 Å². The van der Waals surface area contributed by atoms with Gasteiger partial charge in [-0.1, -0.05) is 75.4 Å². The molecule has 0 aliphatic carbocycles. The van der Waals surface area contributed by atoms with Crippen LogP contribution < -0.4 is 5.43 Å². The van der Waals surface area contributed by atoms with E-state index in [-0.39, 0.29) is 23.4 Å². The van der Waals surface area contributed by atoms with E-state index in [2.05, 4.69) is 62.6 Å². The van der Waals surface area contributed by atoms with Crippen LogP contribution in [0, 0.1) is 0 Å². The highest BCUT2D eigenvalue weighted by atomic mass is 32.2. The number of rotatable bonds is 8. The van der Waals surface area contributed by atoms with Crippen molar-refractivity contribution in [3.63, 3.8) is 0 Å². The molecular weight excluding hydrogens is 398 g/mol. The van der Waals surface area contributed by atoms with Gasteiger partial charge < -0.3 is 9.45 Å². The third-order valence-electron chi connectivity index (χ3n) is 5.45. The van der Waals surface area contributed by atoms with Crippen molar-refractivity contribution in [2.45, 2.75) is 45.1 Å². The van der Waals surface area contributed by atoms with E-state index in [0.29, 0.717) is 13.1 Å². The zero-order chi connectivity index (χ0) is 21.7. The van der Waals surface area contributed by atoms with Crippen LogP contribution >= 0.6 is 0 Å². The summed E-state index contributed by atoms with van der Waals surface area (Å²) in [6.07, 6.45) is 1.73. The number of nitrogens with zero attached hydrogens (tertiary/aromatic N) is 2. The fourth-order valence-electron chi connectivity index (χ4n) is 3.74. The summed E-state index contributed by atoms with van der Waals surface area (Å²) in [5.41, 5.74) is 6.33. The summed E-state index contributed by atoms with van der Waals surface area (Å²) in [4.78, 5) is 14.8. The number of hydrazine groups is 1. The highest BCUT2D eigenvalue weighted by molar-refractivity contribution is 7.79. The molecule has 3 rings (SSSR count). The molecule has 162 valence electrons. The molecule has 1 saturated heterocycles. The first kappa shape index (κ1) is 22.5. The maximum Gasteiger partial charge on any atom is 0.335 e. The summed E-state index contributed by atoms with van der Waals surface area (Å²) < 4.78 is 21.9. The number of carbonyl (C=O) groups excluding carboxylic acids is 1. The van der Waals surface area contributed by atoms with Crippen molar-refractivity contribution in [2.75, 3.05) is 19.0 Å². The van der Waals surface area contributed by atoms with Gasteiger partial charge in [-0.25, -0.2) is 10.2 Å². The van der Waals surface area contributed by atoms with Gasteiger partial charge in [0.2, 0.25) is 0 Å². The molecule has 1 aliphatic heterocycles. The summed E-state index contributed by atoms with van der Waals surface area (Å²) in [6, 6.07) is 18.3. The molecule has 0 bridgehead atoms. The molecule has 1 N–H and O–H groups in total. The van der Waals surface area contributed by atoms with E-state index in [9.17, 15) is 13.6 Å². The van der Waals surface area contributed by atoms with Gasteiger partial charge in [-0.15, -0.1) is 0 Å². The first-order valence-corrected chi connectivity index (χ1v) is 11.5. The zero-order valence-electron chi connectivity index (χ0n) is 17.8. The van der Waals surface area contributed by atoms with E-state index >= 15 is 0 Å². The Morgan fingerprint density at radius 2 is 1.77 bits per heavy atom. The van der Waals surface area contributed by atoms with E-state index in [0.717, 1.165) is 18.4 Å². The van der Waals surface area contributed by atoms with Crippen molar-refractivity contribution in [2.24, 2.45) is 0 Å². The van der Waals surface area contributed by atoms with E-state index < -0.39 is 11.1 Å². The number of nitrogens with one attached hydrogen (secondary N) is 1. The molecule has 2 amide bonds. The molecule has 1 heterocycles. The number of amides is 2. The monoisotopic (exact) mass is 428 g/mol. The maximum atomic E-state index is 13.0. The van der Waals surface area contributed by atoms with Crippen LogP contribution in [0.5, 0.6) is 0 Å². The molecule has 0 saturated carbocycles. The van der Waals surface area contributed by atoms with E-state index in [1.807, 2.05) is 23.1 Å². The third kappa shape index (κ3) is 5.68. The Hall–Kier alpha value is -2.22. The molecule has 0 aromatic heterocycles. The molecule has 0 radical (unpaired) electrons. The first-order valence-electron chi connectivity index (χ1n) is 10.3. The Labute approximate surface area is 181 Å². The lowest BCUT2D eigenvalue weighted by Crippen LogP contribution is -2.43. The third-order valence-corrected chi connectivity index (χ3v) is 5.82. The SMILES string of the molecule is CC(C)(C)c1ccc([C@H]2CN(NCS(=O)[O-])C(=O)N2CCCc2ccccc2)cc1. The predicted molar refractivity (Wildman–Crippen MR) is 118 cm³/mol. The molecule has 1 unspecified atom stereocenters. The fourth-order valence-corrected chi connectivity index (χ4v) is 4.00.